The summed E-state index contributed by atoms with van der Waals surface area (Å²) in [6.07, 6.45) is 1.21. The molecule has 2 bridgehead atoms. The number of hydrogen-bond donors (Lipinski definition) is 2. The van der Waals surface area contributed by atoms with Gasteiger partial charge >= 0.3 is 0 Å². The van der Waals surface area contributed by atoms with E-state index in [1.165, 1.54) is 12.1 Å². The normalized spacial score (nSPS) is 26.5. The minimum atomic E-state index is 0.100. The van der Waals surface area contributed by atoms with E-state index in [-0.39, 0.29) is 5.56 Å². The highest BCUT2D eigenvalue weighted by molar-refractivity contribution is 9.10. The summed E-state index contributed by atoms with van der Waals surface area (Å²) in [5, 5.41) is 6.53. The molecule has 1 aromatic heterocycles. The Kier molecular flexibility index (Phi) is 2.75. The molecule has 17 heavy (non-hydrogen) atoms. The highest BCUT2D eigenvalue weighted by Crippen LogP contribution is 2.34. The van der Waals surface area contributed by atoms with Crippen LogP contribution in [0.15, 0.2) is 15.3 Å². The number of fused-ring (bicyclic) bond motifs is 4. The molecule has 1 unspecified atom stereocenters. The second kappa shape index (κ2) is 4.14. The van der Waals surface area contributed by atoms with Crippen molar-refractivity contribution in [3.05, 3.63) is 26.6 Å². The topological polar surface area (TPSA) is 46.1 Å². The van der Waals surface area contributed by atoms with E-state index >= 15 is 0 Å². The molecule has 1 fully saturated rings. The first-order valence-corrected chi connectivity index (χ1v) is 6.81. The number of pyridine rings is 1. The van der Waals surface area contributed by atoms with E-state index in [2.05, 4.69) is 32.6 Å². The van der Waals surface area contributed by atoms with Crippen molar-refractivity contribution in [1.82, 2.24) is 9.88 Å². The molecule has 2 atom stereocenters. The first-order chi connectivity index (χ1) is 8.20. The Bertz CT molecular complexity index is 511. The summed E-state index contributed by atoms with van der Waals surface area (Å²) in [6, 6.07) is 2.11. The summed E-state index contributed by atoms with van der Waals surface area (Å²) in [6.45, 7) is 2.87. The van der Waals surface area contributed by atoms with Crippen LogP contribution in [0.3, 0.4) is 0 Å². The maximum Gasteiger partial charge on any atom is 0.267 e. The minimum Gasteiger partial charge on any atom is -0.387 e. The molecule has 4 nitrogen and oxygen atoms in total. The minimum absolute atomic E-state index is 0.100. The number of halogens is 1. The quantitative estimate of drug-likeness (QED) is 0.823. The van der Waals surface area contributed by atoms with Crippen molar-refractivity contribution in [1.29, 1.82) is 0 Å². The van der Waals surface area contributed by atoms with Crippen molar-refractivity contribution in [2.45, 2.75) is 18.9 Å². The molecule has 2 aliphatic rings. The highest BCUT2D eigenvalue weighted by Gasteiger charge is 2.31. The van der Waals surface area contributed by atoms with Gasteiger partial charge in [0.25, 0.3) is 5.56 Å². The maximum absolute atomic E-state index is 12.3. The van der Waals surface area contributed by atoms with E-state index in [0.29, 0.717) is 16.3 Å². The molecular formula is C12H16BrN3O. The van der Waals surface area contributed by atoms with E-state index in [1.54, 1.807) is 0 Å². The van der Waals surface area contributed by atoms with E-state index in [1.807, 2.05) is 11.6 Å². The molecule has 1 aromatic rings. The molecule has 0 aromatic carbocycles. The van der Waals surface area contributed by atoms with Gasteiger partial charge in [0.1, 0.15) is 4.47 Å². The lowest BCUT2D eigenvalue weighted by molar-refractivity contribution is 0.257. The predicted octanol–water partition coefficient (Wildman–Crippen LogP) is 1.36. The fourth-order valence-electron chi connectivity index (χ4n) is 3.00. The first kappa shape index (κ1) is 11.3. The van der Waals surface area contributed by atoms with Gasteiger partial charge in [0, 0.05) is 31.7 Å². The Labute approximate surface area is 109 Å². The summed E-state index contributed by atoms with van der Waals surface area (Å²) < 4.78 is 2.60. The molecule has 92 valence electrons. The zero-order valence-corrected chi connectivity index (χ0v) is 11.4. The third kappa shape index (κ3) is 1.72. The van der Waals surface area contributed by atoms with E-state index < -0.39 is 0 Å². The molecule has 1 saturated heterocycles. The van der Waals surface area contributed by atoms with E-state index in [0.717, 1.165) is 25.3 Å². The molecule has 2 N–H and O–H groups in total. The van der Waals surface area contributed by atoms with Crippen LogP contribution in [0, 0.1) is 5.92 Å². The first-order valence-electron chi connectivity index (χ1n) is 6.02. The number of nitrogens with zero attached hydrogens (tertiary/aromatic N) is 1. The molecule has 0 amide bonds. The Hall–Kier alpha value is -0.810. The summed E-state index contributed by atoms with van der Waals surface area (Å²) in [5.74, 6) is 1.08. The van der Waals surface area contributed by atoms with Crippen molar-refractivity contribution < 1.29 is 0 Å². The van der Waals surface area contributed by atoms with Gasteiger partial charge in [-0.3, -0.25) is 4.79 Å². The zero-order chi connectivity index (χ0) is 12.0. The molecule has 0 aliphatic carbocycles. The fraction of sp³-hybridized carbons (Fsp3) is 0.583. The van der Waals surface area contributed by atoms with Crippen molar-refractivity contribution in [3.8, 4) is 0 Å². The third-order valence-corrected chi connectivity index (χ3v) is 4.61. The predicted molar refractivity (Wildman–Crippen MR) is 71.7 cm³/mol. The van der Waals surface area contributed by atoms with Gasteiger partial charge in [-0.2, -0.15) is 0 Å². The highest BCUT2D eigenvalue weighted by atomic mass is 79.9. The second-order valence-electron chi connectivity index (χ2n) is 4.92. The standard InChI is InChI=1S/C12H16BrN3O/c1-14-9-3-10-8-2-7(4-15-5-8)6-16(10)12(17)11(9)13/h3,7-8,14-15H,2,4-6H2,1H3/t7?,8-/m1/s1. The molecule has 0 radical (unpaired) electrons. The molecule has 3 heterocycles. The molecular weight excluding hydrogens is 282 g/mol. The second-order valence-corrected chi connectivity index (χ2v) is 5.71. The van der Waals surface area contributed by atoms with Crippen LogP contribution < -0.4 is 16.2 Å². The Morgan fingerprint density at radius 3 is 3.12 bits per heavy atom. The number of anilines is 1. The van der Waals surface area contributed by atoms with Gasteiger partial charge in [0.15, 0.2) is 0 Å². The smallest absolute Gasteiger partial charge is 0.267 e. The number of nitrogens with one attached hydrogen (secondary N) is 2. The van der Waals surface area contributed by atoms with Gasteiger partial charge in [-0.25, -0.2) is 0 Å². The maximum atomic E-state index is 12.3. The molecule has 2 aliphatic heterocycles. The van der Waals surface area contributed by atoms with Crippen LogP contribution in [0.1, 0.15) is 18.0 Å². The van der Waals surface area contributed by atoms with Crippen molar-refractivity contribution in [3.63, 3.8) is 0 Å². The molecule has 0 saturated carbocycles. The van der Waals surface area contributed by atoms with Crippen LogP contribution in [0.25, 0.3) is 0 Å². The third-order valence-electron chi connectivity index (χ3n) is 3.84. The zero-order valence-electron chi connectivity index (χ0n) is 9.79. The van der Waals surface area contributed by atoms with E-state index in [9.17, 15) is 4.79 Å². The number of hydrogen-bond acceptors (Lipinski definition) is 3. The largest absolute Gasteiger partial charge is 0.387 e. The van der Waals surface area contributed by atoms with Crippen molar-refractivity contribution in [2.24, 2.45) is 5.92 Å². The average molecular weight is 298 g/mol. The number of rotatable bonds is 1. The van der Waals surface area contributed by atoms with Gasteiger partial charge in [0.2, 0.25) is 0 Å². The fourth-order valence-corrected chi connectivity index (χ4v) is 3.53. The average Bonchev–Trinajstić information content (AvgIpc) is 2.35. The number of aromatic nitrogens is 1. The monoisotopic (exact) mass is 297 g/mol. The lowest BCUT2D eigenvalue weighted by atomic mass is 9.84. The van der Waals surface area contributed by atoms with Gasteiger partial charge < -0.3 is 15.2 Å². The van der Waals surface area contributed by atoms with Crippen LogP contribution in [-0.4, -0.2) is 24.7 Å². The van der Waals surface area contributed by atoms with Gasteiger partial charge in [0.05, 0.1) is 5.69 Å². The van der Waals surface area contributed by atoms with Crippen LogP contribution in [0.2, 0.25) is 0 Å². The van der Waals surface area contributed by atoms with Gasteiger partial charge in [-0.15, -0.1) is 0 Å². The van der Waals surface area contributed by atoms with E-state index in [4.69, 9.17) is 0 Å². The summed E-state index contributed by atoms with van der Waals surface area (Å²) >= 11 is 3.39. The summed E-state index contributed by atoms with van der Waals surface area (Å²) in [4.78, 5) is 12.3. The SMILES string of the molecule is CNc1cc2n(c(=O)c1Br)CC1CNC[C@H]2C1. The van der Waals surface area contributed by atoms with Crippen LogP contribution in [-0.2, 0) is 6.54 Å². The van der Waals surface area contributed by atoms with Gasteiger partial charge in [-0.1, -0.05) is 0 Å². The number of piperidine rings is 1. The Morgan fingerprint density at radius 2 is 2.35 bits per heavy atom. The van der Waals surface area contributed by atoms with Crippen LogP contribution in [0.4, 0.5) is 5.69 Å². The summed E-state index contributed by atoms with van der Waals surface area (Å²) in [7, 11) is 1.85. The van der Waals surface area contributed by atoms with Crippen LogP contribution >= 0.6 is 15.9 Å². The van der Waals surface area contributed by atoms with Gasteiger partial charge in [-0.05, 0) is 40.9 Å². The van der Waals surface area contributed by atoms with Crippen molar-refractivity contribution >= 4 is 21.6 Å². The molecule has 3 rings (SSSR count). The molecule has 5 heteroatoms. The van der Waals surface area contributed by atoms with Crippen molar-refractivity contribution in [2.75, 3.05) is 25.5 Å². The van der Waals surface area contributed by atoms with Crippen LogP contribution in [0.5, 0.6) is 0 Å². The lowest BCUT2D eigenvalue weighted by Gasteiger charge is -2.37. The summed E-state index contributed by atoms with van der Waals surface area (Å²) in [5.41, 5.74) is 2.17. The Morgan fingerprint density at radius 1 is 1.53 bits per heavy atom. The lowest BCUT2D eigenvalue weighted by Crippen LogP contribution is -2.45. The molecule has 0 spiro atoms. The Balaban J connectivity index is 2.18.